The SMILES string of the molecule is CCOP1(OCC)=C(c2ccccc2)C=C(c2ccccc2)C=C1c1ccccc1. The van der Waals surface area contributed by atoms with Crippen LogP contribution in [0.1, 0.15) is 30.5 Å². The number of allylic oxidation sites excluding steroid dienone is 3. The van der Waals surface area contributed by atoms with Crippen LogP contribution in [0.2, 0.25) is 0 Å². The second kappa shape index (κ2) is 9.45. The summed E-state index contributed by atoms with van der Waals surface area (Å²) in [6.07, 6.45) is 4.52. The molecule has 30 heavy (non-hydrogen) atoms. The van der Waals surface area contributed by atoms with E-state index in [2.05, 4.69) is 84.9 Å². The summed E-state index contributed by atoms with van der Waals surface area (Å²) in [4.78, 5) is 0. The van der Waals surface area contributed by atoms with Crippen molar-refractivity contribution in [3.63, 3.8) is 0 Å². The van der Waals surface area contributed by atoms with Crippen molar-refractivity contribution >= 4 is 23.5 Å². The Morgan fingerprint density at radius 1 is 0.567 bits per heavy atom. The van der Waals surface area contributed by atoms with Gasteiger partial charge in [0.15, 0.2) is 7.34 Å². The van der Waals surface area contributed by atoms with Crippen LogP contribution < -0.4 is 0 Å². The summed E-state index contributed by atoms with van der Waals surface area (Å²) in [6, 6.07) is 31.5. The molecule has 0 saturated carbocycles. The maximum Gasteiger partial charge on any atom is 0.162 e. The Morgan fingerprint density at radius 2 is 1.03 bits per heavy atom. The molecule has 1 heterocycles. The highest BCUT2D eigenvalue weighted by Gasteiger charge is 2.33. The van der Waals surface area contributed by atoms with Crippen LogP contribution in [0.4, 0.5) is 0 Å². The van der Waals surface area contributed by atoms with Gasteiger partial charge in [-0.25, -0.2) is 0 Å². The van der Waals surface area contributed by atoms with Gasteiger partial charge in [0.1, 0.15) is 0 Å². The van der Waals surface area contributed by atoms with E-state index in [-0.39, 0.29) is 0 Å². The maximum atomic E-state index is 6.57. The van der Waals surface area contributed by atoms with Gasteiger partial charge in [-0.1, -0.05) is 91.0 Å². The van der Waals surface area contributed by atoms with E-state index < -0.39 is 7.34 Å². The third-order valence-electron chi connectivity index (χ3n) is 5.09. The van der Waals surface area contributed by atoms with Gasteiger partial charge < -0.3 is 9.05 Å². The van der Waals surface area contributed by atoms with Crippen molar-refractivity contribution in [3.05, 3.63) is 120 Å². The average molecular weight is 414 g/mol. The highest BCUT2D eigenvalue weighted by molar-refractivity contribution is 7.78. The van der Waals surface area contributed by atoms with Crippen LogP contribution in [0.15, 0.2) is 103 Å². The normalized spacial score (nSPS) is 15.5. The molecule has 0 aliphatic carbocycles. The van der Waals surface area contributed by atoms with Crippen molar-refractivity contribution in [2.24, 2.45) is 0 Å². The fraction of sp³-hybridized carbons (Fsp3) is 0.148. The second-order valence-corrected chi connectivity index (χ2v) is 9.58. The number of hydrogen-bond acceptors (Lipinski definition) is 2. The van der Waals surface area contributed by atoms with Gasteiger partial charge in [-0.2, -0.15) is 0 Å². The van der Waals surface area contributed by atoms with Crippen LogP contribution in [-0.4, -0.2) is 18.5 Å². The monoisotopic (exact) mass is 414 g/mol. The molecule has 0 aromatic heterocycles. The van der Waals surface area contributed by atoms with Gasteiger partial charge in [0, 0.05) is 10.6 Å². The highest BCUT2D eigenvalue weighted by Crippen LogP contribution is 2.66. The Bertz CT molecular complexity index is 1080. The molecule has 0 amide bonds. The third kappa shape index (κ3) is 4.00. The molecule has 0 N–H and O–H groups in total. The van der Waals surface area contributed by atoms with E-state index >= 15 is 0 Å². The Kier molecular flexibility index (Phi) is 6.50. The quantitative estimate of drug-likeness (QED) is 0.379. The van der Waals surface area contributed by atoms with Crippen LogP contribution in [0.25, 0.3) is 10.9 Å². The van der Waals surface area contributed by atoms with E-state index in [0.29, 0.717) is 13.2 Å². The van der Waals surface area contributed by atoms with E-state index in [1.807, 2.05) is 32.0 Å². The molecule has 3 heteroatoms. The molecule has 1 aliphatic rings. The van der Waals surface area contributed by atoms with E-state index in [4.69, 9.17) is 9.05 Å². The molecule has 0 bridgehead atoms. The number of hydrogen-bond donors (Lipinski definition) is 0. The Balaban J connectivity index is 2.08. The summed E-state index contributed by atoms with van der Waals surface area (Å²) in [5.74, 6) is 0. The predicted octanol–water partition coefficient (Wildman–Crippen LogP) is 7.27. The summed E-state index contributed by atoms with van der Waals surface area (Å²) in [5, 5.41) is 2.26. The zero-order chi connectivity index (χ0) is 20.8. The first-order valence-electron chi connectivity index (χ1n) is 10.4. The first kappa shape index (κ1) is 20.6. The minimum Gasteiger partial charge on any atom is -0.334 e. The lowest BCUT2D eigenvalue weighted by atomic mass is 10.0. The van der Waals surface area contributed by atoms with E-state index in [9.17, 15) is 0 Å². The molecule has 0 spiro atoms. The van der Waals surface area contributed by atoms with E-state index in [1.165, 1.54) is 11.1 Å². The van der Waals surface area contributed by atoms with Gasteiger partial charge in [0.05, 0.1) is 13.2 Å². The van der Waals surface area contributed by atoms with Gasteiger partial charge in [0.25, 0.3) is 0 Å². The first-order valence-corrected chi connectivity index (χ1v) is 12.1. The van der Waals surface area contributed by atoms with Crippen LogP contribution in [0, 0.1) is 0 Å². The fourth-order valence-corrected chi connectivity index (χ4v) is 7.05. The molecule has 1 aliphatic heterocycles. The van der Waals surface area contributed by atoms with E-state index in [1.54, 1.807) is 0 Å². The topological polar surface area (TPSA) is 18.5 Å². The van der Waals surface area contributed by atoms with Crippen LogP contribution in [-0.2, 0) is 9.05 Å². The number of rotatable bonds is 7. The molecular weight excluding hydrogens is 387 g/mol. The molecule has 0 fully saturated rings. The molecular formula is C27H27O2P. The third-order valence-corrected chi connectivity index (χ3v) is 8.37. The number of benzene rings is 3. The molecule has 2 nitrogen and oxygen atoms in total. The molecule has 152 valence electrons. The standard InChI is InChI=1S/C27H27O2P/c1-3-28-30(29-4-2)26(23-16-10-6-11-17-23)20-25(22-14-8-5-9-15-22)21-27(30)24-18-12-7-13-19-24/h5-21H,3-4H2,1-2H3. The van der Waals surface area contributed by atoms with Crippen LogP contribution >= 0.6 is 7.34 Å². The molecule has 3 aromatic carbocycles. The zero-order valence-corrected chi connectivity index (χ0v) is 18.4. The Labute approximate surface area is 179 Å². The Morgan fingerprint density at radius 3 is 1.53 bits per heavy atom. The Hall–Kier alpha value is -2.64. The predicted molar refractivity (Wildman–Crippen MR) is 130 cm³/mol. The summed E-state index contributed by atoms with van der Waals surface area (Å²) in [6.45, 7) is 5.26. The molecule has 3 aromatic rings. The average Bonchev–Trinajstić information content (AvgIpc) is 2.81. The fourth-order valence-electron chi connectivity index (χ4n) is 3.84. The smallest absolute Gasteiger partial charge is 0.162 e. The van der Waals surface area contributed by atoms with Gasteiger partial charge in [-0.05, 0) is 48.3 Å². The van der Waals surface area contributed by atoms with Crippen molar-refractivity contribution in [2.45, 2.75) is 13.8 Å². The summed E-state index contributed by atoms with van der Waals surface area (Å²) >= 11 is 0. The van der Waals surface area contributed by atoms with Gasteiger partial charge in [-0.3, -0.25) is 0 Å². The minimum atomic E-state index is -2.51. The zero-order valence-electron chi connectivity index (χ0n) is 17.5. The highest BCUT2D eigenvalue weighted by atomic mass is 31.2. The molecule has 0 radical (unpaired) electrons. The lowest BCUT2D eigenvalue weighted by Gasteiger charge is -2.34. The van der Waals surface area contributed by atoms with Gasteiger partial charge in [0.2, 0.25) is 0 Å². The van der Waals surface area contributed by atoms with Gasteiger partial charge in [-0.15, -0.1) is 0 Å². The van der Waals surface area contributed by atoms with Crippen molar-refractivity contribution < 1.29 is 9.05 Å². The second-order valence-electron chi connectivity index (χ2n) is 7.00. The minimum absolute atomic E-state index is 0.586. The summed E-state index contributed by atoms with van der Waals surface area (Å²) in [5.41, 5.74) is 4.64. The van der Waals surface area contributed by atoms with Crippen molar-refractivity contribution in [3.8, 4) is 0 Å². The van der Waals surface area contributed by atoms with Crippen molar-refractivity contribution in [2.75, 3.05) is 13.2 Å². The first-order chi connectivity index (χ1) is 14.8. The largest absolute Gasteiger partial charge is 0.334 e. The van der Waals surface area contributed by atoms with E-state index in [0.717, 1.165) is 21.7 Å². The lowest BCUT2D eigenvalue weighted by molar-refractivity contribution is 0.273. The lowest BCUT2D eigenvalue weighted by Crippen LogP contribution is -2.13. The van der Waals surface area contributed by atoms with Crippen molar-refractivity contribution in [1.29, 1.82) is 0 Å². The van der Waals surface area contributed by atoms with Crippen molar-refractivity contribution in [1.82, 2.24) is 0 Å². The maximum absolute atomic E-state index is 6.57. The molecule has 0 atom stereocenters. The molecule has 0 unspecified atom stereocenters. The molecule has 0 saturated heterocycles. The summed E-state index contributed by atoms with van der Waals surface area (Å²) in [7, 11) is -2.51. The van der Waals surface area contributed by atoms with Crippen LogP contribution in [0.3, 0.4) is 0 Å². The van der Waals surface area contributed by atoms with Gasteiger partial charge >= 0.3 is 0 Å². The summed E-state index contributed by atoms with van der Waals surface area (Å²) < 4.78 is 13.1. The van der Waals surface area contributed by atoms with Crippen LogP contribution in [0.5, 0.6) is 0 Å². The molecule has 4 rings (SSSR count).